The predicted molar refractivity (Wildman–Crippen MR) is 90.1 cm³/mol. The van der Waals surface area contributed by atoms with Gasteiger partial charge in [0.2, 0.25) is 5.43 Å². The van der Waals surface area contributed by atoms with Crippen molar-refractivity contribution in [3.8, 4) is 17.2 Å². The summed E-state index contributed by atoms with van der Waals surface area (Å²) in [6.07, 6.45) is 1.22. The van der Waals surface area contributed by atoms with Gasteiger partial charge in [-0.2, -0.15) is 5.26 Å². The molecule has 1 aromatic heterocycles. The van der Waals surface area contributed by atoms with E-state index in [1.165, 1.54) is 6.26 Å². The van der Waals surface area contributed by atoms with Crippen molar-refractivity contribution >= 4 is 21.7 Å². The van der Waals surface area contributed by atoms with E-state index in [1.54, 1.807) is 6.07 Å². The molecule has 23 heavy (non-hydrogen) atoms. The van der Waals surface area contributed by atoms with E-state index in [-0.39, 0.29) is 11.0 Å². The van der Waals surface area contributed by atoms with Gasteiger partial charge in [-0.05, 0) is 34.0 Å². The summed E-state index contributed by atoms with van der Waals surface area (Å²) in [6, 6.07) is 21.6. The van der Waals surface area contributed by atoms with Crippen molar-refractivity contribution in [1.29, 1.82) is 5.26 Å². The van der Waals surface area contributed by atoms with Crippen molar-refractivity contribution in [2.45, 2.75) is 0 Å². The molecule has 0 N–H and O–H groups in total. The molecule has 0 radical (unpaired) electrons. The molecule has 0 aliphatic heterocycles. The topological polar surface area (TPSA) is 54.0 Å². The molecular formula is C20H11NO2. The van der Waals surface area contributed by atoms with Crippen LogP contribution < -0.4 is 5.43 Å². The van der Waals surface area contributed by atoms with Crippen molar-refractivity contribution in [2.75, 3.05) is 0 Å². The lowest BCUT2D eigenvalue weighted by atomic mass is 9.97. The first kappa shape index (κ1) is 13.3. The van der Waals surface area contributed by atoms with E-state index in [9.17, 15) is 4.79 Å². The van der Waals surface area contributed by atoms with E-state index in [2.05, 4.69) is 18.2 Å². The number of hydrogen-bond donors (Lipinski definition) is 0. The molecule has 3 nitrogen and oxygen atoms in total. The molecule has 0 aliphatic carbocycles. The molecule has 0 saturated carbocycles. The fourth-order valence-corrected chi connectivity index (χ4v) is 2.85. The molecule has 0 unspecified atom stereocenters. The van der Waals surface area contributed by atoms with Gasteiger partial charge in [-0.15, -0.1) is 0 Å². The molecule has 0 bridgehead atoms. The molecular weight excluding hydrogens is 286 g/mol. The minimum absolute atomic E-state index is 0.0235. The third kappa shape index (κ3) is 2.09. The lowest BCUT2D eigenvalue weighted by molar-refractivity contribution is 0.600. The van der Waals surface area contributed by atoms with Crippen LogP contribution in [0.25, 0.3) is 32.9 Å². The van der Waals surface area contributed by atoms with Crippen LogP contribution in [0.1, 0.15) is 5.56 Å². The van der Waals surface area contributed by atoms with Gasteiger partial charge in [0.05, 0.1) is 5.39 Å². The zero-order chi connectivity index (χ0) is 15.8. The van der Waals surface area contributed by atoms with Crippen LogP contribution in [0.2, 0.25) is 0 Å². The van der Waals surface area contributed by atoms with Gasteiger partial charge < -0.3 is 4.42 Å². The largest absolute Gasteiger partial charge is 0.463 e. The number of nitriles is 1. The van der Waals surface area contributed by atoms with E-state index in [0.29, 0.717) is 11.0 Å². The van der Waals surface area contributed by atoms with Crippen molar-refractivity contribution in [3.05, 3.63) is 82.7 Å². The van der Waals surface area contributed by atoms with Crippen LogP contribution in [0.4, 0.5) is 0 Å². The van der Waals surface area contributed by atoms with Crippen LogP contribution in [-0.2, 0) is 0 Å². The number of nitrogens with zero attached hydrogens (tertiary/aromatic N) is 1. The minimum Gasteiger partial charge on any atom is -0.463 e. The number of hydrogen-bond acceptors (Lipinski definition) is 3. The van der Waals surface area contributed by atoms with Crippen molar-refractivity contribution in [1.82, 2.24) is 0 Å². The Kier molecular flexibility index (Phi) is 2.96. The van der Waals surface area contributed by atoms with Crippen molar-refractivity contribution in [3.63, 3.8) is 0 Å². The first-order chi connectivity index (χ1) is 11.3. The summed E-state index contributed by atoms with van der Waals surface area (Å²) in [6.45, 7) is 0. The second-order valence-electron chi connectivity index (χ2n) is 5.33. The van der Waals surface area contributed by atoms with Gasteiger partial charge in [0.25, 0.3) is 0 Å². The molecule has 108 valence electrons. The molecule has 4 rings (SSSR count). The standard InChI is InChI=1S/C20H11NO2/c21-11-15-12-23-19-10-14(8-9-18(19)20(15)22)17-7-3-5-13-4-1-2-6-16(13)17/h1-10,12H. The monoisotopic (exact) mass is 297 g/mol. The highest BCUT2D eigenvalue weighted by Gasteiger charge is 2.09. The predicted octanol–water partition coefficient (Wildman–Crippen LogP) is 4.48. The van der Waals surface area contributed by atoms with Crippen LogP contribution in [0, 0.1) is 11.3 Å². The van der Waals surface area contributed by atoms with Crippen LogP contribution in [-0.4, -0.2) is 0 Å². The zero-order valence-corrected chi connectivity index (χ0v) is 12.1. The van der Waals surface area contributed by atoms with E-state index in [1.807, 2.05) is 42.5 Å². The number of benzene rings is 3. The van der Waals surface area contributed by atoms with Crippen molar-refractivity contribution < 1.29 is 4.42 Å². The van der Waals surface area contributed by atoms with Gasteiger partial charge in [0.15, 0.2) is 0 Å². The summed E-state index contributed by atoms with van der Waals surface area (Å²) in [7, 11) is 0. The van der Waals surface area contributed by atoms with Crippen LogP contribution in [0.5, 0.6) is 0 Å². The Morgan fingerprint density at radius 2 is 1.74 bits per heavy atom. The summed E-state index contributed by atoms with van der Waals surface area (Å²) >= 11 is 0. The average Bonchev–Trinajstić information content (AvgIpc) is 2.61. The summed E-state index contributed by atoms with van der Waals surface area (Å²) in [5, 5.41) is 11.6. The Balaban J connectivity index is 2.00. The normalized spacial score (nSPS) is 10.7. The lowest BCUT2D eigenvalue weighted by Gasteiger charge is -2.07. The summed E-state index contributed by atoms with van der Waals surface area (Å²) < 4.78 is 5.47. The fraction of sp³-hybridized carbons (Fsp3) is 0. The highest BCUT2D eigenvalue weighted by atomic mass is 16.3. The minimum atomic E-state index is -0.293. The molecule has 4 aromatic rings. The first-order valence-electron chi connectivity index (χ1n) is 7.22. The SMILES string of the molecule is N#Cc1coc2cc(-c3cccc4ccccc34)ccc2c1=O. The highest BCUT2D eigenvalue weighted by Crippen LogP contribution is 2.30. The summed E-state index contributed by atoms with van der Waals surface area (Å²) in [4.78, 5) is 12.1. The Morgan fingerprint density at radius 1 is 0.913 bits per heavy atom. The smallest absolute Gasteiger partial charge is 0.210 e. The lowest BCUT2D eigenvalue weighted by Crippen LogP contribution is -2.05. The zero-order valence-electron chi connectivity index (χ0n) is 12.1. The maximum absolute atomic E-state index is 12.1. The van der Waals surface area contributed by atoms with Gasteiger partial charge in [0, 0.05) is 0 Å². The molecule has 0 amide bonds. The molecule has 0 spiro atoms. The van der Waals surface area contributed by atoms with E-state index in [4.69, 9.17) is 9.68 Å². The van der Waals surface area contributed by atoms with E-state index < -0.39 is 0 Å². The Bertz CT molecular complexity index is 1140. The summed E-state index contributed by atoms with van der Waals surface area (Å²) in [5.74, 6) is 0. The Labute approximate surface area is 132 Å². The maximum Gasteiger partial charge on any atom is 0.210 e. The third-order valence-electron chi connectivity index (χ3n) is 4.00. The third-order valence-corrected chi connectivity index (χ3v) is 4.00. The molecule has 0 saturated heterocycles. The molecule has 0 aliphatic rings. The van der Waals surface area contributed by atoms with Crippen molar-refractivity contribution in [2.24, 2.45) is 0 Å². The average molecular weight is 297 g/mol. The second-order valence-corrected chi connectivity index (χ2v) is 5.33. The van der Waals surface area contributed by atoms with Gasteiger partial charge in [-0.3, -0.25) is 4.79 Å². The second kappa shape index (κ2) is 5.11. The van der Waals surface area contributed by atoms with E-state index in [0.717, 1.165) is 21.9 Å². The van der Waals surface area contributed by atoms with Gasteiger partial charge in [-0.25, -0.2) is 0 Å². The van der Waals surface area contributed by atoms with Crippen LogP contribution in [0.3, 0.4) is 0 Å². The fourth-order valence-electron chi connectivity index (χ4n) is 2.85. The van der Waals surface area contributed by atoms with E-state index >= 15 is 0 Å². The molecule has 3 heteroatoms. The Hall–Kier alpha value is -3.38. The van der Waals surface area contributed by atoms with Gasteiger partial charge >= 0.3 is 0 Å². The Morgan fingerprint density at radius 3 is 2.61 bits per heavy atom. The van der Waals surface area contributed by atoms with Crippen LogP contribution in [0.15, 0.2) is 76.1 Å². The summed E-state index contributed by atoms with van der Waals surface area (Å²) in [5.41, 5.74) is 2.27. The quantitative estimate of drug-likeness (QED) is 0.520. The van der Waals surface area contributed by atoms with Gasteiger partial charge in [-0.1, -0.05) is 48.5 Å². The highest BCUT2D eigenvalue weighted by molar-refractivity contribution is 5.98. The maximum atomic E-state index is 12.1. The molecule has 3 aromatic carbocycles. The number of fused-ring (bicyclic) bond motifs is 2. The van der Waals surface area contributed by atoms with Crippen LogP contribution >= 0.6 is 0 Å². The first-order valence-corrected chi connectivity index (χ1v) is 7.22. The number of rotatable bonds is 1. The molecule has 0 atom stereocenters. The molecule has 1 heterocycles. The van der Waals surface area contributed by atoms with Gasteiger partial charge in [0.1, 0.15) is 23.5 Å². The molecule has 0 fully saturated rings.